The first-order valence-corrected chi connectivity index (χ1v) is 17.5. The third-order valence-corrected chi connectivity index (χ3v) is 9.28. The summed E-state index contributed by atoms with van der Waals surface area (Å²) >= 11 is 10.0. The van der Waals surface area contributed by atoms with Crippen molar-refractivity contribution in [2.24, 2.45) is 0 Å². The van der Waals surface area contributed by atoms with Gasteiger partial charge in [-0.1, -0.05) is 71.4 Å². The molecular weight excluding hydrogens is 692 g/mol. The number of carbonyl (C=O) groups is 1. The number of alkyl halides is 1. The number of esters is 1. The molecule has 48 heavy (non-hydrogen) atoms. The number of aryl methyl sites for hydroxylation is 4. The van der Waals surface area contributed by atoms with Crippen LogP contribution in [0.3, 0.4) is 0 Å². The van der Waals surface area contributed by atoms with Crippen LogP contribution in [0.15, 0.2) is 60.7 Å². The molecule has 2 aromatic heterocycles. The van der Waals surface area contributed by atoms with Gasteiger partial charge in [0.05, 0.1) is 30.1 Å². The molecule has 2 heterocycles. The van der Waals surface area contributed by atoms with E-state index in [1.54, 1.807) is 0 Å². The van der Waals surface area contributed by atoms with Crippen LogP contribution >= 0.6 is 27.5 Å². The summed E-state index contributed by atoms with van der Waals surface area (Å²) < 4.78 is 20.1. The van der Waals surface area contributed by atoms with Crippen molar-refractivity contribution in [3.8, 4) is 22.6 Å². The average molecular weight is 738 g/mol. The second-order valence-electron chi connectivity index (χ2n) is 11.4. The predicted octanol–water partition coefficient (Wildman–Crippen LogP) is 9.21. The number of H-pyrrole nitrogens is 1. The number of hydrogen-bond donors (Lipinski definition) is 2. The molecule has 0 aliphatic carbocycles. The predicted molar refractivity (Wildman–Crippen MR) is 199 cm³/mol. The summed E-state index contributed by atoms with van der Waals surface area (Å²) in [7, 11) is 1.94. The Balaban J connectivity index is 0.00000520. The van der Waals surface area contributed by atoms with Crippen LogP contribution in [0, 0.1) is 13.8 Å². The number of ether oxygens (including phenoxy) is 3. The number of nitrogens with one attached hydrogen (secondary N) is 2. The SMILES string of the molecule is C.CCOC(=O)c1c(CCCOc2cc(C)c(Cl)c(C)c2)c2cccc(-c3c(CBr)n[nH]c3COc3ccccc3)c2n1CCCNC. The molecule has 0 spiro atoms. The monoisotopic (exact) mass is 736 g/mol. The summed E-state index contributed by atoms with van der Waals surface area (Å²) in [6, 6.07) is 19.9. The normalized spacial score (nSPS) is 11.0. The number of hydrogen-bond acceptors (Lipinski definition) is 6. The highest BCUT2D eigenvalue weighted by Crippen LogP contribution is 2.39. The molecule has 256 valence electrons. The fourth-order valence-corrected chi connectivity index (χ4v) is 6.56. The summed E-state index contributed by atoms with van der Waals surface area (Å²) in [6.07, 6.45) is 2.18. The summed E-state index contributed by atoms with van der Waals surface area (Å²) in [5.74, 6) is 1.25. The van der Waals surface area contributed by atoms with E-state index >= 15 is 0 Å². The number of carbonyl (C=O) groups excluding carboxylic acids is 1. The van der Waals surface area contributed by atoms with E-state index in [0.717, 1.165) is 79.6 Å². The van der Waals surface area contributed by atoms with E-state index in [-0.39, 0.29) is 20.0 Å². The first kappa shape index (κ1) is 37.0. The zero-order valence-corrected chi connectivity index (χ0v) is 29.8. The number of rotatable bonds is 16. The van der Waals surface area contributed by atoms with Gasteiger partial charge in [0.25, 0.3) is 0 Å². The smallest absolute Gasteiger partial charge is 0.355 e. The minimum Gasteiger partial charge on any atom is -0.494 e. The van der Waals surface area contributed by atoms with Crippen LogP contribution in [0.2, 0.25) is 5.02 Å². The Kier molecular flexibility index (Phi) is 13.6. The fraction of sp³-hybridized carbons (Fsp3) is 0.368. The van der Waals surface area contributed by atoms with Crippen molar-refractivity contribution >= 4 is 44.4 Å². The zero-order chi connectivity index (χ0) is 33.3. The highest BCUT2D eigenvalue weighted by molar-refractivity contribution is 9.08. The van der Waals surface area contributed by atoms with Gasteiger partial charge in [0.1, 0.15) is 23.8 Å². The molecule has 0 aliphatic heterocycles. The van der Waals surface area contributed by atoms with E-state index in [2.05, 4.69) is 54.2 Å². The Morgan fingerprint density at radius 1 is 1.02 bits per heavy atom. The lowest BCUT2D eigenvalue weighted by atomic mass is 9.98. The molecule has 3 aromatic carbocycles. The van der Waals surface area contributed by atoms with Gasteiger partial charge in [0.15, 0.2) is 0 Å². The van der Waals surface area contributed by atoms with Crippen molar-refractivity contribution < 1.29 is 19.0 Å². The van der Waals surface area contributed by atoms with Gasteiger partial charge in [-0.15, -0.1) is 0 Å². The van der Waals surface area contributed by atoms with Crippen molar-refractivity contribution in [2.45, 2.75) is 65.9 Å². The number of aromatic amines is 1. The maximum atomic E-state index is 13.7. The molecule has 0 fully saturated rings. The Hall–Kier alpha value is -3.79. The fourth-order valence-electron chi connectivity index (χ4n) is 6.05. The molecule has 0 amide bonds. The van der Waals surface area contributed by atoms with Gasteiger partial charge in [-0.05, 0) is 94.6 Å². The Morgan fingerprint density at radius 2 is 1.77 bits per heavy atom. The lowest BCUT2D eigenvalue weighted by molar-refractivity contribution is 0.0512. The Bertz CT molecular complexity index is 1800. The molecule has 0 saturated carbocycles. The van der Waals surface area contributed by atoms with E-state index in [1.807, 2.05) is 70.3 Å². The number of para-hydroxylation sites is 2. The van der Waals surface area contributed by atoms with E-state index in [9.17, 15) is 4.79 Å². The second-order valence-corrected chi connectivity index (χ2v) is 12.4. The molecule has 5 aromatic rings. The van der Waals surface area contributed by atoms with Crippen molar-refractivity contribution in [3.63, 3.8) is 0 Å². The van der Waals surface area contributed by atoms with Gasteiger partial charge in [0.2, 0.25) is 0 Å². The summed E-state index contributed by atoms with van der Waals surface area (Å²) in [5, 5.41) is 13.4. The van der Waals surface area contributed by atoms with Gasteiger partial charge in [-0.3, -0.25) is 5.10 Å². The van der Waals surface area contributed by atoms with Crippen LogP contribution in [0.25, 0.3) is 22.0 Å². The summed E-state index contributed by atoms with van der Waals surface area (Å²) in [6.45, 7) is 8.34. The van der Waals surface area contributed by atoms with Gasteiger partial charge >= 0.3 is 5.97 Å². The molecule has 0 aliphatic rings. The molecule has 0 saturated heterocycles. The van der Waals surface area contributed by atoms with Crippen molar-refractivity contribution in [3.05, 3.63) is 99.5 Å². The number of aromatic nitrogens is 3. The number of benzene rings is 3. The van der Waals surface area contributed by atoms with Crippen LogP contribution < -0.4 is 14.8 Å². The van der Waals surface area contributed by atoms with Crippen LogP contribution in [0.4, 0.5) is 0 Å². The van der Waals surface area contributed by atoms with E-state index in [1.165, 1.54) is 0 Å². The van der Waals surface area contributed by atoms with Gasteiger partial charge in [-0.25, -0.2) is 4.79 Å². The van der Waals surface area contributed by atoms with Crippen LogP contribution in [-0.4, -0.2) is 47.5 Å². The van der Waals surface area contributed by atoms with Gasteiger partial charge in [-0.2, -0.15) is 5.10 Å². The molecule has 5 rings (SSSR count). The first-order chi connectivity index (χ1) is 22.9. The van der Waals surface area contributed by atoms with Crippen LogP contribution in [0.5, 0.6) is 11.5 Å². The third kappa shape index (κ3) is 8.25. The van der Waals surface area contributed by atoms with Gasteiger partial charge in [0, 0.05) is 33.4 Å². The van der Waals surface area contributed by atoms with E-state index in [0.29, 0.717) is 43.6 Å². The van der Waals surface area contributed by atoms with Crippen molar-refractivity contribution in [2.75, 3.05) is 26.8 Å². The van der Waals surface area contributed by atoms with Gasteiger partial charge < -0.3 is 24.1 Å². The third-order valence-electron chi connectivity index (χ3n) is 8.15. The molecule has 0 unspecified atom stereocenters. The van der Waals surface area contributed by atoms with E-state index < -0.39 is 0 Å². The molecule has 2 N–H and O–H groups in total. The number of halogens is 2. The highest BCUT2D eigenvalue weighted by atomic mass is 79.9. The average Bonchev–Trinajstić information content (AvgIpc) is 3.64. The quantitative estimate of drug-likeness (QED) is 0.0597. The van der Waals surface area contributed by atoms with Crippen LogP contribution in [-0.2, 0) is 29.6 Å². The number of nitrogens with zero attached hydrogens (tertiary/aromatic N) is 2. The largest absolute Gasteiger partial charge is 0.494 e. The maximum absolute atomic E-state index is 13.7. The summed E-state index contributed by atoms with van der Waals surface area (Å²) in [5.41, 5.74) is 8.19. The minimum atomic E-state index is -0.320. The highest BCUT2D eigenvalue weighted by Gasteiger charge is 2.27. The lowest BCUT2D eigenvalue weighted by Crippen LogP contribution is -2.17. The Morgan fingerprint density at radius 3 is 2.46 bits per heavy atom. The molecular formula is C38H46BrClN4O4. The minimum absolute atomic E-state index is 0. The molecule has 0 bridgehead atoms. The first-order valence-electron chi connectivity index (χ1n) is 16.0. The van der Waals surface area contributed by atoms with Crippen LogP contribution in [0.1, 0.15) is 65.8 Å². The standard InChI is InChI=1S/C37H42BrClN4O4.CH4/c1-5-45-37(44)36-29(16-10-19-46-27-20-24(2)34(39)25(3)21-27)28-14-9-15-30(35(28)43(36)18-11-17-40-4)33-31(22-38)41-42-32(33)23-47-26-12-7-6-8-13-26;/h6-9,12-15,20-21,40H,5,10-11,16-19,22-23H2,1-4H3,(H,41,42);1H4. The molecule has 0 radical (unpaired) electrons. The molecule has 8 nitrogen and oxygen atoms in total. The Labute approximate surface area is 297 Å². The lowest BCUT2D eigenvalue weighted by Gasteiger charge is -2.14. The van der Waals surface area contributed by atoms with Crippen molar-refractivity contribution in [1.82, 2.24) is 20.1 Å². The van der Waals surface area contributed by atoms with Crippen molar-refractivity contribution in [1.29, 1.82) is 0 Å². The summed E-state index contributed by atoms with van der Waals surface area (Å²) in [4.78, 5) is 13.7. The maximum Gasteiger partial charge on any atom is 0.355 e. The van der Waals surface area contributed by atoms with E-state index in [4.69, 9.17) is 25.8 Å². The molecule has 10 heteroatoms. The molecule has 0 atom stereocenters. The second kappa shape index (κ2) is 17.6. The number of fused-ring (bicyclic) bond motifs is 1. The zero-order valence-electron chi connectivity index (χ0n) is 27.4. The topological polar surface area (TPSA) is 90.4 Å².